The minimum atomic E-state index is -1.27. The third-order valence-corrected chi connectivity index (χ3v) is 1.68. The van der Waals surface area contributed by atoms with Gasteiger partial charge in [0.1, 0.15) is 5.82 Å². The molecule has 0 unspecified atom stereocenters. The summed E-state index contributed by atoms with van der Waals surface area (Å²) in [5, 5.41) is 0. The maximum Gasteiger partial charge on any atom is 0.161 e. The molecule has 0 saturated carbocycles. The lowest BCUT2D eigenvalue weighted by molar-refractivity contribution is -0.114. The van der Waals surface area contributed by atoms with Gasteiger partial charge in [-0.15, -0.1) is 0 Å². The van der Waals surface area contributed by atoms with Gasteiger partial charge in [0.2, 0.25) is 0 Å². The molecule has 0 aliphatic heterocycles. The van der Waals surface area contributed by atoms with Crippen LogP contribution in [0.1, 0.15) is 5.56 Å². The van der Waals surface area contributed by atoms with E-state index in [1.54, 1.807) is 0 Å². The molecular weight excluding hydrogens is 193 g/mol. The van der Waals surface area contributed by atoms with Crippen LogP contribution in [0.2, 0.25) is 0 Å². The van der Waals surface area contributed by atoms with Crippen LogP contribution in [0.5, 0.6) is 0 Å². The number of ketones is 1. The van der Waals surface area contributed by atoms with Crippen LogP contribution in [0, 0.1) is 17.5 Å². The van der Waals surface area contributed by atoms with Crippen molar-refractivity contribution in [1.29, 1.82) is 0 Å². The second kappa shape index (κ2) is 4.09. The first-order valence-electron chi connectivity index (χ1n) is 3.83. The highest BCUT2D eigenvalue weighted by Gasteiger charge is 2.11. The van der Waals surface area contributed by atoms with E-state index in [0.29, 0.717) is 12.1 Å². The monoisotopic (exact) mass is 200 g/mol. The topological polar surface area (TPSA) is 17.1 Å². The van der Waals surface area contributed by atoms with E-state index in [0.717, 1.165) is 6.08 Å². The molecule has 0 fully saturated rings. The molecule has 1 aromatic carbocycles. The fourth-order valence-corrected chi connectivity index (χ4v) is 0.959. The zero-order valence-electron chi connectivity index (χ0n) is 7.19. The van der Waals surface area contributed by atoms with Gasteiger partial charge in [-0.25, -0.2) is 13.2 Å². The Labute approximate surface area is 78.9 Å². The Morgan fingerprint density at radius 2 is 1.79 bits per heavy atom. The Morgan fingerprint density at radius 1 is 1.21 bits per heavy atom. The number of carbonyl (C=O) groups excluding carboxylic acids is 1. The maximum atomic E-state index is 12.9. The molecule has 0 bridgehead atoms. The van der Waals surface area contributed by atoms with Gasteiger partial charge in [0.25, 0.3) is 0 Å². The Balaban J connectivity index is 3.03. The molecular formula is C10H7F3O. The summed E-state index contributed by atoms with van der Waals surface area (Å²) in [7, 11) is 0. The minimum Gasteiger partial charge on any atom is -0.295 e. The van der Waals surface area contributed by atoms with Crippen molar-refractivity contribution in [2.75, 3.05) is 0 Å². The third-order valence-electron chi connectivity index (χ3n) is 1.68. The molecule has 0 aliphatic rings. The molecule has 1 nitrogen and oxygen atoms in total. The van der Waals surface area contributed by atoms with Gasteiger partial charge in [-0.1, -0.05) is 6.58 Å². The summed E-state index contributed by atoms with van der Waals surface area (Å²) in [6.45, 7) is 3.19. The van der Waals surface area contributed by atoms with E-state index in [9.17, 15) is 18.0 Å². The van der Waals surface area contributed by atoms with Gasteiger partial charge < -0.3 is 0 Å². The first-order chi connectivity index (χ1) is 6.54. The smallest absolute Gasteiger partial charge is 0.161 e. The number of halogens is 3. The third kappa shape index (κ3) is 2.22. The summed E-state index contributed by atoms with van der Waals surface area (Å²) in [6.07, 6.45) is 0.688. The van der Waals surface area contributed by atoms with Crippen molar-refractivity contribution in [3.8, 4) is 0 Å². The molecule has 0 amide bonds. The Bertz CT molecular complexity index is 385. The average molecular weight is 200 g/mol. The number of carbonyl (C=O) groups is 1. The SMILES string of the molecule is C=CC(=O)Cc1cc(F)c(F)cc1F. The maximum absolute atomic E-state index is 12.9. The van der Waals surface area contributed by atoms with Crippen LogP contribution < -0.4 is 0 Å². The van der Waals surface area contributed by atoms with Gasteiger partial charge >= 0.3 is 0 Å². The van der Waals surface area contributed by atoms with Crippen LogP contribution in [-0.4, -0.2) is 5.78 Å². The van der Waals surface area contributed by atoms with Crippen molar-refractivity contribution in [3.63, 3.8) is 0 Å². The lowest BCUT2D eigenvalue weighted by Crippen LogP contribution is -2.02. The van der Waals surface area contributed by atoms with Crippen molar-refractivity contribution >= 4 is 5.78 Å². The van der Waals surface area contributed by atoms with Gasteiger partial charge in [-0.05, 0) is 17.7 Å². The zero-order chi connectivity index (χ0) is 10.7. The predicted molar refractivity (Wildman–Crippen MR) is 45.2 cm³/mol. The van der Waals surface area contributed by atoms with Gasteiger partial charge in [-0.3, -0.25) is 4.79 Å². The second-order valence-corrected chi connectivity index (χ2v) is 2.70. The second-order valence-electron chi connectivity index (χ2n) is 2.70. The van der Waals surface area contributed by atoms with E-state index in [1.165, 1.54) is 0 Å². The Morgan fingerprint density at radius 3 is 2.36 bits per heavy atom. The quantitative estimate of drug-likeness (QED) is 0.540. The summed E-state index contributed by atoms with van der Waals surface area (Å²) in [5.41, 5.74) is -0.172. The lowest BCUT2D eigenvalue weighted by atomic mass is 10.1. The number of benzene rings is 1. The Hall–Kier alpha value is -1.58. The van der Waals surface area contributed by atoms with Crippen molar-refractivity contribution in [2.45, 2.75) is 6.42 Å². The molecule has 0 aliphatic carbocycles. The van der Waals surface area contributed by atoms with Crippen LogP contribution in [-0.2, 0) is 11.2 Å². The van der Waals surface area contributed by atoms with E-state index in [4.69, 9.17) is 0 Å². The van der Waals surface area contributed by atoms with E-state index in [2.05, 4.69) is 6.58 Å². The standard InChI is InChI=1S/C10H7F3O/c1-2-7(14)3-6-4-9(12)10(13)5-8(6)11/h2,4-5H,1,3H2. The molecule has 4 heteroatoms. The summed E-state index contributed by atoms with van der Waals surface area (Å²) >= 11 is 0. The molecule has 74 valence electrons. The molecule has 0 radical (unpaired) electrons. The van der Waals surface area contributed by atoms with Crippen LogP contribution in [0.15, 0.2) is 24.8 Å². The molecule has 1 aromatic rings. The van der Waals surface area contributed by atoms with Crippen molar-refractivity contribution < 1.29 is 18.0 Å². The Kier molecular flexibility index (Phi) is 3.06. The summed E-state index contributed by atoms with van der Waals surface area (Å²) < 4.78 is 38.0. The molecule has 0 aromatic heterocycles. The van der Waals surface area contributed by atoms with Crippen molar-refractivity contribution in [1.82, 2.24) is 0 Å². The minimum absolute atomic E-state index is 0.172. The highest BCUT2D eigenvalue weighted by Crippen LogP contribution is 2.14. The number of rotatable bonds is 3. The number of allylic oxidation sites excluding steroid dienone is 1. The molecule has 1 rings (SSSR count). The lowest BCUT2D eigenvalue weighted by Gasteiger charge is -2.01. The van der Waals surface area contributed by atoms with Crippen molar-refractivity contribution in [2.24, 2.45) is 0 Å². The fourth-order valence-electron chi connectivity index (χ4n) is 0.959. The molecule has 0 spiro atoms. The predicted octanol–water partition coefficient (Wildman–Crippen LogP) is 2.40. The van der Waals surface area contributed by atoms with Gasteiger partial charge in [-0.2, -0.15) is 0 Å². The average Bonchev–Trinajstić information content (AvgIpc) is 2.14. The highest BCUT2D eigenvalue weighted by molar-refractivity contribution is 5.90. The fraction of sp³-hybridized carbons (Fsp3) is 0.100. The van der Waals surface area contributed by atoms with Gasteiger partial charge in [0.15, 0.2) is 17.4 Å². The van der Waals surface area contributed by atoms with E-state index >= 15 is 0 Å². The molecule has 14 heavy (non-hydrogen) atoms. The molecule has 0 saturated heterocycles. The van der Waals surface area contributed by atoms with Crippen LogP contribution >= 0.6 is 0 Å². The first kappa shape index (κ1) is 10.5. The van der Waals surface area contributed by atoms with E-state index < -0.39 is 23.2 Å². The zero-order valence-corrected chi connectivity index (χ0v) is 7.19. The number of hydrogen-bond donors (Lipinski definition) is 0. The summed E-state index contributed by atoms with van der Waals surface area (Å²) in [4.78, 5) is 10.8. The molecule has 0 N–H and O–H groups in total. The van der Waals surface area contributed by atoms with Crippen molar-refractivity contribution in [3.05, 3.63) is 47.8 Å². The van der Waals surface area contributed by atoms with Crippen LogP contribution in [0.25, 0.3) is 0 Å². The van der Waals surface area contributed by atoms with Crippen LogP contribution in [0.4, 0.5) is 13.2 Å². The van der Waals surface area contributed by atoms with E-state index in [1.807, 2.05) is 0 Å². The summed E-state index contributed by atoms with van der Waals surface area (Å²) in [5.74, 6) is -3.82. The highest BCUT2D eigenvalue weighted by atomic mass is 19.2. The normalized spacial score (nSPS) is 9.93. The van der Waals surface area contributed by atoms with Gasteiger partial charge in [0, 0.05) is 12.5 Å². The molecule has 0 heterocycles. The van der Waals surface area contributed by atoms with Gasteiger partial charge in [0.05, 0.1) is 0 Å². The first-order valence-corrected chi connectivity index (χ1v) is 3.83. The summed E-state index contributed by atoms with van der Waals surface area (Å²) in [6, 6.07) is 1.09. The van der Waals surface area contributed by atoms with E-state index in [-0.39, 0.29) is 12.0 Å². The molecule has 0 atom stereocenters. The van der Waals surface area contributed by atoms with Crippen LogP contribution in [0.3, 0.4) is 0 Å². The number of hydrogen-bond acceptors (Lipinski definition) is 1. The largest absolute Gasteiger partial charge is 0.295 e.